The van der Waals surface area contributed by atoms with Crippen molar-refractivity contribution in [2.75, 3.05) is 18.5 Å². The Balaban J connectivity index is 1.53. The fourth-order valence-corrected chi connectivity index (χ4v) is 8.26. The summed E-state index contributed by atoms with van der Waals surface area (Å²) in [6.07, 6.45) is -1.34. The van der Waals surface area contributed by atoms with Crippen LogP contribution in [0.1, 0.15) is 43.5 Å². The van der Waals surface area contributed by atoms with E-state index in [1.54, 1.807) is 0 Å². The first kappa shape index (κ1) is 30.7. The van der Waals surface area contributed by atoms with Gasteiger partial charge in [-0.3, -0.25) is 4.79 Å². The van der Waals surface area contributed by atoms with Crippen LogP contribution in [0.5, 0.6) is 0 Å². The first-order valence-electron chi connectivity index (χ1n) is 12.8. The topological polar surface area (TPSA) is 133 Å². The zero-order valence-corrected chi connectivity index (χ0v) is 23.4. The van der Waals surface area contributed by atoms with E-state index in [1.807, 2.05) is 6.92 Å². The number of benzene rings is 2. The molecule has 2 unspecified atom stereocenters. The van der Waals surface area contributed by atoms with Gasteiger partial charge in [-0.15, -0.1) is 0 Å². The molecule has 0 spiro atoms. The molecule has 4 N–H and O–H groups in total. The van der Waals surface area contributed by atoms with Gasteiger partial charge in [0.15, 0.2) is 27.3 Å². The zero-order chi connectivity index (χ0) is 29.6. The van der Waals surface area contributed by atoms with Gasteiger partial charge in [0, 0.05) is 23.4 Å². The summed E-state index contributed by atoms with van der Waals surface area (Å²) in [4.78, 5) is 12.5. The van der Waals surface area contributed by atoms with E-state index in [2.05, 4.69) is 5.32 Å². The van der Waals surface area contributed by atoms with Crippen LogP contribution in [0.25, 0.3) is 0 Å². The first-order chi connectivity index (χ1) is 18.6. The second-order valence-electron chi connectivity index (χ2n) is 10.8. The highest BCUT2D eigenvalue weighted by atomic mass is 35.5. The van der Waals surface area contributed by atoms with Gasteiger partial charge in [0.2, 0.25) is 0 Å². The second kappa shape index (κ2) is 11.6. The van der Waals surface area contributed by atoms with Crippen molar-refractivity contribution in [1.82, 2.24) is 0 Å². The second-order valence-corrected chi connectivity index (χ2v) is 13.4. The number of halogens is 4. The van der Waals surface area contributed by atoms with Crippen molar-refractivity contribution in [1.29, 1.82) is 0 Å². The molecule has 1 amide bonds. The predicted octanol–water partition coefficient (Wildman–Crippen LogP) is 3.71. The average molecular weight is 606 g/mol. The number of hydrogen-bond donors (Lipinski definition) is 4. The van der Waals surface area contributed by atoms with Crippen molar-refractivity contribution in [2.45, 2.75) is 61.1 Å². The Morgan fingerprint density at radius 3 is 2.40 bits per heavy atom. The van der Waals surface area contributed by atoms with E-state index >= 15 is 0 Å². The Bertz CT molecular complexity index is 1370. The number of carbonyl (C=O) groups is 1. The molecule has 2 aromatic carbocycles. The van der Waals surface area contributed by atoms with E-state index in [1.165, 1.54) is 19.1 Å². The van der Waals surface area contributed by atoms with Gasteiger partial charge in [-0.2, -0.15) is 0 Å². The van der Waals surface area contributed by atoms with Gasteiger partial charge in [0.25, 0.3) is 5.91 Å². The van der Waals surface area contributed by atoms with Crippen molar-refractivity contribution in [3.63, 3.8) is 0 Å². The molecule has 0 heterocycles. The van der Waals surface area contributed by atoms with Gasteiger partial charge in [0.05, 0.1) is 40.1 Å². The van der Waals surface area contributed by atoms with Gasteiger partial charge in [-0.05, 0) is 62.1 Å². The Kier molecular flexibility index (Phi) is 8.89. The van der Waals surface area contributed by atoms with Crippen molar-refractivity contribution in [3.8, 4) is 0 Å². The van der Waals surface area contributed by atoms with Crippen molar-refractivity contribution >= 4 is 33.0 Å². The normalized spacial score (nSPS) is 27.8. The summed E-state index contributed by atoms with van der Waals surface area (Å²) in [7, 11) is -4.09. The summed E-state index contributed by atoms with van der Waals surface area (Å²) in [5.41, 5.74) is -1.82. The molecule has 0 radical (unpaired) electrons. The minimum atomic E-state index is -4.09. The summed E-state index contributed by atoms with van der Waals surface area (Å²) in [5.74, 6) is -6.43. The summed E-state index contributed by atoms with van der Waals surface area (Å²) in [6.45, 7) is 3.03. The number of rotatable bonds is 9. The lowest BCUT2D eigenvalue weighted by Crippen LogP contribution is -2.52. The lowest BCUT2D eigenvalue weighted by atomic mass is 9.73. The standard InChI is InChI=1S/C27H31ClF3NO7S/c1-13-5-16-7-18(10-19(13)27(16,36)12-39-11-23(34)14(2)33)40(37,38)24-6-15(3-4-20(24)28)26(35)32-17-8-21(29)25(31)22(30)9-17/h3-4,6,8-9,13-14,16,18-19,23,33-34,36H,5,7,10-12H2,1-2H3,(H,32,35)/t13-,14-,16?,18+,19?,23-,27+/m0/s1. The number of aliphatic hydroxyl groups excluding tert-OH is 2. The first-order valence-corrected chi connectivity index (χ1v) is 14.7. The molecule has 2 aliphatic carbocycles. The minimum Gasteiger partial charge on any atom is -0.391 e. The van der Waals surface area contributed by atoms with Gasteiger partial charge in [0.1, 0.15) is 6.10 Å². The van der Waals surface area contributed by atoms with Crippen molar-refractivity contribution < 1.29 is 46.4 Å². The molecule has 2 aromatic rings. The van der Waals surface area contributed by atoms with Crippen LogP contribution >= 0.6 is 11.6 Å². The SMILES string of the molecule is C[C@H](O)[C@@H](O)COC[C@@]1(O)C2C[C@@H](S(=O)(=O)c3cc(C(=O)Nc4cc(F)c(F)c(F)c4)ccc3Cl)CC1[C@@H](C)C2. The number of hydrogen-bond acceptors (Lipinski definition) is 7. The van der Waals surface area contributed by atoms with Crippen LogP contribution in [0, 0.1) is 35.2 Å². The lowest BCUT2D eigenvalue weighted by molar-refractivity contribution is -0.132. The van der Waals surface area contributed by atoms with Crippen molar-refractivity contribution in [3.05, 3.63) is 58.4 Å². The summed E-state index contributed by atoms with van der Waals surface area (Å²) < 4.78 is 73.4. The molecule has 220 valence electrons. The van der Waals surface area contributed by atoms with Gasteiger partial charge in [-0.1, -0.05) is 18.5 Å². The van der Waals surface area contributed by atoms with E-state index in [4.69, 9.17) is 16.3 Å². The Labute approximate surface area is 235 Å². The maximum absolute atomic E-state index is 13.8. The molecule has 13 heteroatoms. The maximum Gasteiger partial charge on any atom is 0.255 e. The molecular formula is C27H31ClF3NO7S. The molecule has 4 rings (SSSR count). The monoisotopic (exact) mass is 605 g/mol. The summed E-state index contributed by atoms with van der Waals surface area (Å²) >= 11 is 6.26. The fraction of sp³-hybridized carbons (Fsp3) is 0.519. The number of carbonyl (C=O) groups excluding carboxylic acids is 1. The Morgan fingerprint density at radius 2 is 1.80 bits per heavy atom. The van der Waals surface area contributed by atoms with Crippen LogP contribution in [0.4, 0.5) is 18.9 Å². The van der Waals surface area contributed by atoms with Crippen LogP contribution in [-0.2, 0) is 14.6 Å². The Morgan fingerprint density at radius 1 is 1.15 bits per heavy atom. The number of aliphatic hydroxyl groups is 3. The molecule has 0 saturated heterocycles. The Hall–Kier alpha value is -2.22. The van der Waals surface area contributed by atoms with Crippen LogP contribution in [0.3, 0.4) is 0 Å². The third-order valence-electron chi connectivity index (χ3n) is 8.12. The largest absolute Gasteiger partial charge is 0.391 e. The van der Waals surface area contributed by atoms with Crippen LogP contribution in [-0.4, -0.2) is 65.9 Å². The average Bonchev–Trinajstić information content (AvgIpc) is 3.00. The molecular weight excluding hydrogens is 575 g/mol. The number of ether oxygens (including phenoxy) is 1. The fourth-order valence-electron chi connectivity index (χ4n) is 5.88. The molecule has 2 saturated carbocycles. The molecule has 0 aromatic heterocycles. The van der Waals surface area contributed by atoms with E-state index in [0.29, 0.717) is 18.6 Å². The van der Waals surface area contributed by atoms with Gasteiger partial charge < -0.3 is 25.4 Å². The number of fused-ring (bicyclic) bond motifs is 2. The third kappa shape index (κ3) is 5.88. The molecule has 8 nitrogen and oxygen atoms in total. The summed E-state index contributed by atoms with van der Waals surface area (Å²) in [5, 5.41) is 31.9. The van der Waals surface area contributed by atoms with Crippen LogP contribution in [0.15, 0.2) is 35.2 Å². The van der Waals surface area contributed by atoms with Gasteiger partial charge in [-0.25, -0.2) is 21.6 Å². The quantitative estimate of drug-likeness (QED) is 0.320. The van der Waals surface area contributed by atoms with Crippen molar-refractivity contribution in [2.24, 2.45) is 17.8 Å². The predicted molar refractivity (Wildman–Crippen MR) is 140 cm³/mol. The summed E-state index contributed by atoms with van der Waals surface area (Å²) in [6, 6.07) is 4.75. The van der Waals surface area contributed by atoms with E-state index in [9.17, 15) is 41.7 Å². The maximum atomic E-state index is 13.8. The highest BCUT2D eigenvalue weighted by Gasteiger charge is 2.58. The van der Waals surface area contributed by atoms with E-state index < -0.39 is 68.1 Å². The molecule has 2 fully saturated rings. The number of amides is 1. The highest BCUT2D eigenvalue weighted by molar-refractivity contribution is 7.92. The number of anilines is 1. The highest BCUT2D eigenvalue weighted by Crippen LogP contribution is 2.54. The number of nitrogens with one attached hydrogen (secondary N) is 1. The molecule has 2 bridgehead atoms. The lowest BCUT2D eigenvalue weighted by Gasteiger charge is -2.43. The molecule has 40 heavy (non-hydrogen) atoms. The van der Waals surface area contributed by atoms with Gasteiger partial charge >= 0.3 is 0 Å². The molecule has 0 aliphatic heterocycles. The smallest absolute Gasteiger partial charge is 0.255 e. The third-order valence-corrected chi connectivity index (χ3v) is 10.8. The molecule has 2 aliphatic rings. The number of sulfone groups is 1. The molecule has 7 atom stereocenters. The van der Waals surface area contributed by atoms with E-state index in [0.717, 1.165) is 6.07 Å². The van der Waals surface area contributed by atoms with E-state index in [-0.39, 0.29) is 53.1 Å². The van der Waals surface area contributed by atoms with Crippen LogP contribution in [0.2, 0.25) is 5.02 Å². The zero-order valence-electron chi connectivity index (χ0n) is 21.8. The minimum absolute atomic E-state index is 0.00965. The van der Waals surface area contributed by atoms with Crippen LogP contribution < -0.4 is 5.32 Å².